The minimum atomic E-state index is -0.364. The Balaban J connectivity index is 1.83. The van der Waals surface area contributed by atoms with Crippen LogP contribution in [0.4, 0.5) is 20.6 Å². The molecular weight excluding hydrogens is 285 g/mol. The minimum Gasteiger partial charge on any atom is -0.334 e. The number of carbonyl (C=O) groups is 2. The van der Waals surface area contributed by atoms with Gasteiger partial charge in [0.15, 0.2) is 0 Å². The van der Waals surface area contributed by atoms with Gasteiger partial charge in [-0.05, 0) is 42.0 Å². The van der Waals surface area contributed by atoms with E-state index in [0.29, 0.717) is 17.9 Å². The maximum Gasteiger partial charge on any atom is 0.319 e. The van der Waals surface area contributed by atoms with Gasteiger partial charge in [-0.1, -0.05) is 12.1 Å². The van der Waals surface area contributed by atoms with Gasteiger partial charge in [-0.15, -0.1) is 0 Å². The summed E-state index contributed by atoms with van der Waals surface area (Å²) in [6.07, 6.45) is 0. The van der Waals surface area contributed by atoms with E-state index in [1.807, 2.05) is 0 Å². The van der Waals surface area contributed by atoms with E-state index in [1.54, 1.807) is 36.4 Å². The number of benzene rings is 2. The van der Waals surface area contributed by atoms with Crippen molar-refractivity contribution in [2.75, 3.05) is 10.6 Å². The third-order valence-corrected chi connectivity index (χ3v) is 2.83. The first-order chi connectivity index (χ1) is 10.5. The molecule has 2 aromatic carbocycles. The highest BCUT2D eigenvalue weighted by Gasteiger charge is 2.02. The van der Waals surface area contributed by atoms with Crippen molar-refractivity contribution in [3.05, 3.63) is 59.9 Å². The topological polar surface area (TPSA) is 70.2 Å². The average Bonchev–Trinajstić information content (AvgIpc) is 2.48. The van der Waals surface area contributed by atoms with Gasteiger partial charge in [-0.2, -0.15) is 0 Å². The molecule has 2 rings (SSSR count). The highest BCUT2D eigenvalue weighted by Crippen LogP contribution is 2.13. The van der Waals surface area contributed by atoms with Crippen LogP contribution in [-0.2, 0) is 11.3 Å². The zero-order valence-electron chi connectivity index (χ0n) is 12.0. The predicted molar refractivity (Wildman–Crippen MR) is 83.0 cm³/mol. The number of rotatable bonds is 4. The summed E-state index contributed by atoms with van der Waals surface area (Å²) < 4.78 is 12.8. The molecule has 0 aliphatic rings. The van der Waals surface area contributed by atoms with Crippen molar-refractivity contribution in [2.24, 2.45) is 0 Å². The molecule has 0 atom stereocenters. The molecule has 3 amide bonds. The van der Waals surface area contributed by atoms with Gasteiger partial charge in [-0.3, -0.25) is 4.79 Å². The van der Waals surface area contributed by atoms with Gasteiger partial charge >= 0.3 is 6.03 Å². The summed E-state index contributed by atoms with van der Waals surface area (Å²) >= 11 is 0. The molecule has 2 aromatic rings. The van der Waals surface area contributed by atoms with Gasteiger partial charge in [0, 0.05) is 24.8 Å². The van der Waals surface area contributed by atoms with E-state index >= 15 is 0 Å². The lowest BCUT2D eigenvalue weighted by Crippen LogP contribution is -2.28. The van der Waals surface area contributed by atoms with Crippen LogP contribution < -0.4 is 16.0 Å². The molecule has 0 bridgehead atoms. The lowest BCUT2D eigenvalue weighted by Gasteiger charge is -2.09. The Bertz CT molecular complexity index is 654. The first-order valence-electron chi connectivity index (χ1n) is 6.70. The fraction of sp³-hybridized carbons (Fsp3) is 0.125. The fourth-order valence-corrected chi connectivity index (χ4v) is 1.80. The summed E-state index contributed by atoms with van der Waals surface area (Å²) in [4.78, 5) is 22.7. The molecule has 0 aromatic heterocycles. The number of urea groups is 1. The van der Waals surface area contributed by atoms with Crippen LogP contribution in [0.25, 0.3) is 0 Å². The Labute approximate surface area is 127 Å². The monoisotopic (exact) mass is 301 g/mol. The molecule has 0 aliphatic carbocycles. The number of hydrogen-bond donors (Lipinski definition) is 3. The first-order valence-corrected chi connectivity index (χ1v) is 6.70. The fourth-order valence-electron chi connectivity index (χ4n) is 1.80. The van der Waals surface area contributed by atoms with Crippen molar-refractivity contribution in [3.8, 4) is 0 Å². The molecule has 0 radical (unpaired) electrons. The predicted octanol–water partition coefficient (Wildman–Crippen LogP) is 3.11. The molecule has 0 fully saturated rings. The van der Waals surface area contributed by atoms with E-state index in [4.69, 9.17) is 0 Å². The SMILES string of the molecule is CC(=O)Nc1ccc(NC(=O)NCc2ccc(F)cc2)cc1. The Morgan fingerprint density at radius 2 is 1.45 bits per heavy atom. The van der Waals surface area contributed by atoms with Gasteiger partial charge in [0.2, 0.25) is 5.91 Å². The molecule has 0 heterocycles. The smallest absolute Gasteiger partial charge is 0.319 e. The van der Waals surface area contributed by atoms with E-state index in [0.717, 1.165) is 5.56 Å². The standard InChI is InChI=1S/C16H16FN3O2/c1-11(21)19-14-6-8-15(9-7-14)20-16(22)18-10-12-2-4-13(17)5-3-12/h2-9H,10H2,1H3,(H,19,21)(H2,18,20,22). The summed E-state index contributed by atoms with van der Waals surface area (Å²) in [6, 6.07) is 12.3. The van der Waals surface area contributed by atoms with Crippen LogP contribution in [0.15, 0.2) is 48.5 Å². The van der Waals surface area contributed by atoms with Gasteiger partial charge in [0.25, 0.3) is 0 Å². The largest absolute Gasteiger partial charge is 0.334 e. The summed E-state index contributed by atoms with van der Waals surface area (Å²) in [7, 11) is 0. The number of hydrogen-bond acceptors (Lipinski definition) is 2. The van der Waals surface area contributed by atoms with Crippen LogP contribution in [0.3, 0.4) is 0 Å². The van der Waals surface area contributed by atoms with Gasteiger partial charge in [-0.25, -0.2) is 9.18 Å². The quantitative estimate of drug-likeness (QED) is 0.812. The minimum absolute atomic E-state index is 0.155. The van der Waals surface area contributed by atoms with Crippen LogP contribution >= 0.6 is 0 Å². The van der Waals surface area contributed by atoms with Gasteiger partial charge in [0.1, 0.15) is 5.82 Å². The van der Waals surface area contributed by atoms with Crippen molar-refractivity contribution >= 4 is 23.3 Å². The number of halogens is 1. The Hall–Kier alpha value is -2.89. The Kier molecular flexibility index (Phi) is 5.08. The summed E-state index contributed by atoms with van der Waals surface area (Å²) in [6.45, 7) is 1.73. The highest BCUT2D eigenvalue weighted by atomic mass is 19.1. The van der Waals surface area contributed by atoms with Crippen LogP contribution in [0.2, 0.25) is 0 Å². The second kappa shape index (κ2) is 7.21. The molecule has 0 unspecified atom stereocenters. The summed E-state index contributed by atoms with van der Waals surface area (Å²) in [5.74, 6) is -0.467. The molecule has 3 N–H and O–H groups in total. The molecule has 22 heavy (non-hydrogen) atoms. The van der Waals surface area contributed by atoms with Crippen LogP contribution in [0.5, 0.6) is 0 Å². The second-order valence-corrected chi connectivity index (χ2v) is 4.69. The number of nitrogens with one attached hydrogen (secondary N) is 3. The van der Waals surface area contributed by atoms with E-state index < -0.39 is 0 Å². The van der Waals surface area contributed by atoms with Crippen molar-refractivity contribution < 1.29 is 14.0 Å². The lowest BCUT2D eigenvalue weighted by molar-refractivity contribution is -0.114. The molecule has 0 aliphatic heterocycles. The van der Waals surface area contributed by atoms with E-state index in [9.17, 15) is 14.0 Å². The maximum absolute atomic E-state index is 12.8. The van der Waals surface area contributed by atoms with Crippen LogP contribution in [0, 0.1) is 5.82 Å². The molecule has 114 valence electrons. The lowest BCUT2D eigenvalue weighted by atomic mass is 10.2. The number of anilines is 2. The Morgan fingerprint density at radius 1 is 0.909 bits per heavy atom. The number of carbonyl (C=O) groups excluding carboxylic acids is 2. The summed E-state index contributed by atoms with van der Waals surface area (Å²) in [5.41, 5.74) is 2.06. The van der Waals surface area contributed by atoms with Crippen molar-refractivity contribution in [2.45, 2.75) is 13.5 Å². The van der Waals surface area contributed by atoms with Gasteiger partial charge < -0.3 is 16.0 Å². The third-order valence-electron chi connectivity index (χ3n) is 2.83. The van der Waals surface area contributed by atoms with Crippen molar-refractivity contribution in [1.82, 2.24) is 5.32 Å². The van der Waals surface area contributed by atoms with E-state index in [1.165, 1.54) is 19.1 Å². The van der Waals surface area contributed by atoms with Gasteiger partial charge in [0.05, 0.1) is 0 Å². The third kappa shape index (κ3) is 4.90. The van der Waals surface area contributed by atoms with Crippen LogP contribution in [0.1, 0.15) is 12.5 Å². The van der Waals surface area contributed by atoms with Crippen molar-refractivity contribution in [1.29, 1.82) is 0 Å². The molecule has 0 saturated carbocycles. The zero-order valence-corrected chi connectivity index (χ0v) is 12.0. The number of amides is 3. The van der Waals surface area contributed by atoms with E-state index in [-0.39, 0.29) is 17.8 Å². The summed E-state index contributed by atoms with van der Waals surface area (Å²) in [5, 5.41) is 7.98. The van der Waals surface area contributed by atoms with Crippen LogP contribution in [-0.4, -0.2) is 11.9 Å². The molecule has 6 heteroatoms. The molecule has 0 spiro atoms. The zero-order chi connectivity index (χ0) is 15.9. The normalized spacial score (nSPS) is 9.91. The molecule has 0 saturated heterocycles. The van der Waals surface area contributed by atoms with E-state index in [2.05, 4.69) is 16.0 Å². The molecular formula is C16H16FN3O2. The maximum atomic E-state index is 12.8. The highest BCUT2D eigenvalue weighted by molar-refractivity contribution is 5.91. The second-order valence-electron chi connectivity index (χ2n) is 4.69. The van der Waals surface area contributed by atoms with Crippen molar-refractivity contribution in [3.63, 3.8) is 0 Å². The molecule has 5 nitrogen and oxygen atoms in total. The Morgan fingerprint density at radius 3 is 2.00 bits per heavy atom. The average molecular weight is 301 g/mol. The first kappa shape index (κ1) is 15.5.